The van der Waals surface area contributed by atoms with Crippen LogP contribution in [-0.2, 0) is 9.53 Å². The number of nitrogens with zero attached hydrogens (tertiary/aromatic N) is 2. The first-order chi connectivity index (χ1) is 7.63. The third-order valence-electron chi connectivity index (χ3n) is 1.54. The van der Waals surface area contributed by atoms with Gasteiger partial charge < -0.3 is 9.47 Å². The molecule has 0 aromatic carbocycles. The molecular weight excluding hydrogens is 228 g/mol. The Kier molecular flexibility index (Phi) is 4.78. The summed E-state index contributed by atoms with van der Waals surface area (Å²) in [7, 11) is 0. The number of esters is 1. The second-order valence-corrected chi connectivity index (χ2v) is 3.63. The Bertz CT molecular complexity index is 395. The molecule has 1 aromatic rings. The summed E-state index contributed by atoms with van der Waals surface area (Å²) in [6.45, 7) is 4.83. The number of hydrogen-bond donors (Lipinski definition) is 0. The van der Waals surface area contributed by atoms with E-state index in [1.807, 2.05) is 6.26 Å². The Morgan fingerprint density at radius 2 is 2.38 bits per heavy atom. The second-order valence-electron chi connectivity index (χ2n) is 2.86. The first-order valence-corrected chi connectivity index (χ1v) is 5.68. The fraction of sp³-hybridized carbons (Fsp3) is 0.300. The average molecular weight is 240 g/mol. The maximum Gasteiger partial charge on any atom is 0.335 e. The minimum atomic E-state index is -0.487. The summed E-state index contributed by atoms with van der Waals surface area (Å²) in [5.41, 5.74) is 0.330. The number of rotatable bonds is 5. The molecule has 0 spiro atoms. The highest BCUT2D eigenvalue weighted by atomic mass is 32.2. The zero-order valence-corrected chi connectivity index (χ0v) is 9.91. The molecule has 0 aliphatic heterocycles. The van der Waals surface area contributed by atoms with Crippen molar-refractivity contribution in [2.45, 2.75) is 12.1 Å². The van der Waals surface area contributed by atoms with E-state index in [0.29, 0.717) is 16.6 Å². The largest absolute Gasteiger partial charge is 0.440 e. The van der Waals surface area contributed by atoms with Gasteiger partial charge >= 0.3 is 5.97 Å². The highest BCUT2D eigenvalue weighted by Gasteiger charge is 2.04. The van der Waals surface area contributed by atoms with E-state index >= 15 is 0 Å². The fourth-order valence-electron chi connectivity index (χ4n) is 0.770. The lowest BCUT2D eigenvalue weighted by molar-refractivity contribution is -0.145. The van der Waals surface area contributed by atoms with E-state index in [-0.39, 0.29) is 6.79 Å². The van der Waals surface area contributed by atoms with E-state index in [1.54, 1.807) is 19.2 Å². The van der Waals surface area contributed by atoms with Crippen LogP contribution >= 0.6 is 11.8 Å². The summed E-state index contributed by atoms with van der Waals surface area (Å²) >= 11 is 1.40. The van der Waals surface area contributed by atoms with Crippen LogP contribution in [-0.4, -0.2) is 29.0 Å². The smallest absolute Gasteiger partial charge is 0.335 e. The van der Waals surface area contributed by atoms with Crippen LogP contribution in [0.25, 0.3) is 0 Å². The third kappa shape index (κ3) is 3.90. The summed E-state index contributed by atoms with van der Waals surface area (Å²) in [4.78, 5) is 19.0. The van der Waals surface area contributed by atoms with Gasteiger partial charge in [0.05, 0.1) is 0 Å². The number of carbonyl (C=O) groups excluding carboxylic acids is 1. The summed E-state index contributed by atoms with van der Waals surface area (Å²) in [6, 6.07) is 1.59. The molecule has 0 atom stereocenters. The lowest BCUT2D eigenvalue weighted by Gasteiger charge is -2.06. The van der Waals surface area contributed by atoms with Gasteiger partial charge in [0, 0.05) is 17.8 Å². The zero-order valence-electron chi connectivity index (χ0n) is 9.10. The molecule has 0 aliphatic carbocycles. The Morgan fingerprint density at radius 1 is 1.62 bits per heavy atom. The minimum Gasteiger partial charge on any atom is -0.440 e. The summed E-state index contributed by atoms with van der Waals surface area (Å²) in [5, 5.41) is 0.601. The average Bonchev–Trinajstić information content (AvgIpc) is 2.29. The highest BCUT2D eigenvalue weighted by Crippen LogP contribution is 2.12. The van der Waals surface area contributed by atoms with Crippen molar-refractivity contribution in [3.8, 4) is 5.88 Å². The van der Waals surface area contributed by atoms with E-state index in [0.717, 1.165) is 0 Å². The minimum absolute atomic E-state index is 0.184. The van der Waals surface area contributed by atoms with Crippen LogP contribution in [0.5, 0.6) is 5.88 Å². The van der Waals surface area contributed by atoms with E-state index < -0.39 is 5.97 Å². The monoisotopic (exact) mass is 240 g/mol. The molecular formula is C10H12N2O3S. The molecule has 0 radical (unpaired) electrons. The van der Waals surface area contributed by atoms with Crippen molar-refractivity contribution in [2.75, 3.05) is 13.0 Å². The topological polar surface area (TPSA) is 61.3 Å². The van der Waals surface area contributed by atoms with Crippen molar-refractivity contribution in [1.82, 2.24) is 9.97 Å². The molecule has 86 valence electrons. The molecule has 0 saturated heterocycles. The fourth-order valence-corrected chi connectivity index (χ4v) is 1.12. The highest BCUT2D eigenvalue weighted by molar-refractivity contribution is 7.98. The van der Waals surface area contributed by atoms with Gasteiger partial charge in [-0.3, -0.25) is 0 Å². The van der Waals surface area contributed by atoms with Crippen LogP contribution in [0.2, 0.25) is 0 Å². The van der Waals surface area contributed by atoms with Crippen LogP contribution in [0.4, 0.5) is 0 Å². The summed E-state index contributed by atoms with van der Waals surface area (Å²) in [5.74, 6) is -0.118. The van der Waals surface area contributed by atoms with Crippen LogP contribution in [0, 0.1) is 0 Å². The first kappa shape index (κ1) is 12.5. The van der Waals surface area contributed by atoms with Gasteiger partial charge in [0.15, 0.2) is 5.16 Å². The number of aromatic nitrogens is 2. The van der Waals surface area contributed by atoms with Crippen LogP contribution in [0.1, 0.15) is 6.92 Å². The molecule has 0 amide bonds. The third-order valence-corrected chi connectivity index (χ3v) is 2.10. The van der Waals surface area contributed by atoms with E-state index in [4.69, 9.17) is 9.47 Å². The molecule has 5 nitrogen and oxygen atoms in total. The molecule has 0 N–H and O–H groups in total. The Balaban J connectivity index is 2.42. The molecule has 1 aromatic heterocycles. The molecule has 16 heavy (non-hydrogen) atoms. The van der Waals surface area contributed by atoms with Crippen molar-refractivity contribution >= 4 is 17.7 Å². The number of hydrogen-bond acceptors (Lipinski definition) is 6. The van der Waals surface area contributed by atoms with E-state index in [1.165, 1.54) is 11.8 Å². The quantitative estimate of drug-likeness (QED) is 0.256. The standard InChI is InChI=1S/C10H12N2O3S/c1-7(2)9(13)15-6-14-8-4-5-11-10(12-8)16-3/h4-5H,1,6H2,2-3H3. The van der Waals surface area contributed by atoms with Crippen LogP contribution in [0.15, 0.2) is 29.6 Å². The van der Waals surface area contributed by atoms with Gasteiger partial charge in [-0.1, -0.05) is 18.3 Å². The Labute approximate surface area is 97.9 Å². The normalized spacial score (nSPS) is 9.62. The molecule has 0 saturated carbocycles. The van der Waals surface area contributed by atoms with Gasteiger partial charge in [0.1, 0.15) is 0 Å². The lowest BCUT2D eigenvalue weighted by atomic mass is 10.4. The molecule has 1 heterocycles. The Morgan fingerprint density at radius 3 is 3.00 bits per heavy atom. The van der Waals surface area contributed by atoms with Gasteiger partial charge in [-0.25, -0.2) is 9.78 Å². The number of thioether (sulfide) groups is 1. The predicted octanol–water partition coefficient (Wildman–Crippen LogP) is 1.65. The summed E-state index contributed by atoms with van der Waals surface area (Å²) in [6.07, 6.45) is 3.44. The molecule has 0 unspecified atom stereocenters. The van der Waals surface area contributed by atoms with Gasteiger partial charge in [0.25, 0.3) is 0 Å². The van der Waals surface area contributed by atoms with Gasteiger partial charge in [0.2, 0.25) is 12.7 Å². The SMILES string of the molecule is C=C(C)C(=O)OCOc1ccnc(SC)n1. The molecule has 0 fully saturated rings. The van der Waals surface area contributed by atoms with Gasteiger partial charge in [-0.05, 0) is 13.2 Å². The maximum atomic E-state index is 11.0. The number of ether oxygens (including phenoxy) is 2. The first-order valence-electron chi connectivity index (χ1n) is 4.46. The van der Waals surface area contributed by atoms with Crippen molar-refractivity contribution in [3.05, 3.63) is 24.4 Å². The van der Waals surface area contributed by atoms with E-state index in [2.05, 4.69) is 16.5 Å². The Hall–Kier alpha value is -1.56. The molecule has 0 bridgehead atoms. The lowest BCUT2D eigenvalue weighted by Crippen LogP contribution is -2.11. The van der Waals surface area contributed by atoms with Gasteiger partial charge in [-0.2, -0.15) is 4.98 Å². The van der Waals surface area contributed by atoms with Crippen LogP contribution < -0.4 is 4.74 Å². The van der Waals surface area contributed by atoms with Gasteiger partial charge in [-0.15, -0.1) is 0 Å². The van der Waals surface area contributed by atoms with Crippen molar-refractivity contribution < 1.29 is 14.3 Å². The van der Waals surface area contributed by atoms with Crippen molar-refractivity contribution in [2.24, 2.45) is 0 Å². The van der Waals surface area contributed by atoms with Crippen molar-refractivity contribution in [3.63, 3.8) is 0 Å². The molecule has 6 heteroatoms. The van der Waals surface area contributed by atoms with E-state index in [9.17, 15) is 4.79 Å². The second kappa shape index (κ2) is 6.12. The molecule has 0 aliphatic rings. The summed E-state index contributed by atoms with van der Waals surface area (Å²) < 4.78 is 9.87. The predicted molar refractivity (Wildman–Crippen MR) is 60.2 cm³/mol. The number of carbonyl (C=O) groups is 1. The van der Waals surface area contributed by atoms with Crippen molar-refractivity contribution in [1.29, 1.82) is 0 Å². The zero-order chi connectivity index (χ0) is 12.0. The van der Waals surface area contributed by atoms with Crippen LogP contribution in [0.3, 0.4) is 0 Å². The maximum absolute atomic E-state index is 11.0. The molecule has 1 rings (SSSR count).